The van der Waals surface area contributed by atoms with E-state index in [4.69, 9.17) is 14.5 Å². The molecule has 0 unspecified atom stereocenters. The van der Waals surface area contributed by atoms with Crippen LogP contribution in [0.25, 0.3) is 28.1 Å². The summed E-state index contributed by atoms with van der Waals surface area (Å²) in [5, 5.41) is 9.65. The summed E-state index contributed by atoms with van der Waals surface area (Å²) >= 11 is 1.61. The molecule has 3 aromatic carbocycles. The summed E-state index contributed by atoms with van der Waals surface area (Å²) in [5.74, 6) is 4.04. The molecule has 0 atom stereocenters. The highest BCUT2D eigenvalue weighted by atomic mass is 32.2. The Labute approximate surface area is 196 Å². The van der Waals surface area contributed by atoms with Crippen LogP contribution in [0.5, 0.6) is 11.5 Å². The zero-order valence-corrected chi connectivity index (χ0v) is 19.4. The quantitative estimate of drug-likeness (QED) is 0.316. The van der Waals surface area contributed by atoms with Gasteiger partial charge in [-0.15, -0.1) is 10.2 Å². The first kappa shape index (κ1) is 21.1. The first-order chi connectivity index (χ1) is 16.2. The number of hydrogen-bond acceptors (Lipinski definition) is 6. The smallest absolute Gasteiger partial charge is 0.191 e. The molecule has 33 heavy (non-hydrogen) atoms. The van der Waals surface area contributed by atoms with Gasteiger partial charge in [-0.3, -0.25) is 4.57 Å². The van der Waals surface area contributed by atoms with Crippen molar-refractivity contribution in [3.63, 3.8) is 0 Å². The van der Waals surface area contributed by atoms with Crippen molar-refractivity contribution in [2.75, 3.05) is 14.2 Å². The lowest BCUT2D eigenvalue weighted by molar-refractivity contribution is 0.414. The molecule has 8 heteroatoms. The molecule has 5 aromatic rings. The Hall–Kier alpha value is -3.78. The van der Waals surface area contributed by atoms with E-state index >= 15 is 0 Å². The number of thioether (sulfide) groups is 1. The molecule has 2 heterocycles. The number of methoxy groups -OCH3 is 2. The fraction of sp³-hybridized carbons (Fsp3) is 0.160. The van der Waals surface area contributed by atoms with E-state index in [2.05, 4.69) is 20.8 Å². The van der Waals surface area contributed by atoms with Gasteiger partial charge >= 0.3 is 0 Å². The van der Waals surface area contributed by atoms with Crippen LogP contribution in [0.4, 0.5) is 0 Å². The minimum atomic E-state index is 0.648. The Morgan fingerprint density at radius 1 is 0.818 bits per heavy atom. The standard InChI is InChI=1S/C25H23N5O2S/c1-29-24(17-8-12-19(31-2)13-9-17)27-28-25(29)33-16-23-26-21-6-4-5-7-22(21)30(23)18-10-14-20(32-3)15-11-18/h4-15H,16H2,1-3H3. The minimum Gasteiger partial charge on any atom is -0.497 e. The Balaban J connectivity index is 1.45. The van der Waals surface area contributed by atoms with Gasteiger partial charge in [-0.1, -0.05) is 23.9 Å². The third kappa shape index (κ3) is 4.05. The third-order valence-electron chi connectivity index (χ3n) is 5.47. The van der Waals surface area contributed by atoms with Gasteiger partial charge in [0.1, 0.15) is 17.3 Å². The van der Waals surface area contributed by atoms with Gasteiger partial charge in [0, 0.05) is 18.3 Å². The summed E-state index contributed by atoms with van der Waals surface area (Å²) in [6.45, 7) is 0. The van der Waals surface area contributed by atoms with Gasteiger partial charge in [0.05, 0.1) is 31.0 Å². The van der Waals surface area contributed by atoms with Crippen molar-refractivity contribution in [1.29, 1.82) is 0 Å². The Kier molecular flexibility index (Phi) is 5.75. The van der Waals surface area contributed by atoms with Crippen molar-refractivity contribution >= 4 is 22.8 Å². The van der Waals surface area contributed by atoms with Crippen molar-refractivity contribution in [3.05, 3.63) is 78.6 Å². The second-order valence-corrected chi connectivity index (χ2v) is 8.38. The summed E-state index contributed by atoms with van der Waals surface area (Å²) < 4.78 is 14.8. The van der Waals surface area contributed by atoms with E-state index in [1.54, 1.807) is 26.0 Å². The molecule has 0 radical (unpaired) electrons. The van der Waals surface area contributed by atoms with Crippen molar-refractivity contribution in [1.82, 2.24) is 24.3 Å². The van der Waals surface area contributed by atoms with Crippen molar-refractivity contribution in [3.8, 4) is 28.6 Å². The lowest BCUT2D eigenvalue weighted by atomic mass is 10.2. The highest BCUT2D eigenvalue weighted by Crippen LogP contribution is 2.29. The zero-order valence-electron chi connectivity index (χ0n) is 18.6. The largest absolute Gasteiger partial charge is 0.497 e. The number of fused-ring (bicyclic) bond motifs is 1. The number of imidazole rings is 1. The van der Waals surface area contributed by atoms with Crippen LogP contribution in [0.2, 0.25) is 0 Å². The van der Waals surface area contributed by atoms with Crippen LogP contribution in [0, 0.1) is 0 Å². The van der Waals surface area contributed by atoms with Crippen molar-refractivity contribution < 1.29 is 9.47 Å². The Morgan fingerprint density at radius 3 is 2.18 bits per heavy atom. The Bertz CT molecular complexity index is 1390. The number of aromatic nitrogens is 5. The van der Waals surface area contributed by atoms with Gasteiger partial charge in [0.15, 0.2) is 11.0 Å². The summed E-state index contributed by atoms with van der Waals surface area (Å²) in [4.78, 5) is 4.90. The topological polar surface area (TPSA) is 67.0 Å². The maximum atomic E-state index is 5.32. The van der Waals surface area contributed by atoms with Gasteiger partial charge < -0.3 is 14.0 Å². The molecule has 0 aliphatic carbocycles. The second-order valence-electron chi connectivity index (χ2n) is 7.43. The number of para-hydroxylation sites is 2. The molecule has 2 aromatic heterocycles. The molecule has 0 saturated heterocycles. The van der Waals surface area contributed by atoms with E-state index < -0.39 is 0 Å². The molecular formula is C25H23N5O2S. The van der Waals surface area contributed by atoms with E-state index in [9.17, 15) is 0 Å². The van der Waals surface area contributed by atoms with E-state index in [-0.39, 0.29) is 0 Å². The van der Waals surface area contributed by atoms with Crippen LogP contribution in [0.15, 0.2) is 78.0 Å². The first-order valence-corrected chi connectivity index (χ1v) is 11.4. The first-order valence-electron chi connectivity index (χ1n) is 10.5. The van der Waals surface area contributed by atoms with Gasteiger partial charge in [0.2, 0.25) is 0 Å². The number of rotatable bonds is 7. The normalized spacial score (nSPS) is 11.1. The van der Waals surface area contributed by atoms with Crippen LogP contribution in [0.1, 0.15) is 5.82 Å². The van der Waals surface area contributed by atoms with Gasteiger partial charge in [-0.2, -0.15) is 0 Å². The highest BCUT2D eigenvalue weighted by molar-refractivity contribution is 7.98. The summed E-state index contributed by atoms with van der Waals surface area (Å²) in [5.41, 5.74) is 4.05. The highest BCUT2D eigenvalue weighted by Gasteiger charge is 2.16. The minimum absolute atomic E-state index is 0.648. The van der Waals surface area contributed by atoms with Crippen molar-refractivity contribution in [2.24, 2.45) is 7.05 Å². The predicted molar refractivity (Wildman–Crippen MR) is 130 cm³/mol. The number of ether oxygens (including phenoxy) is 2. The summed E-state index contributed by atoms with van der Waals surface area (Å²) in [6.07, 6.45) is 0. The maximum absolute atomic E-state index is 5.32. The SMILES string of the molecule is COc1ccc(-c2nnc(SCc3nc4ccccc4n3-c3ccc(OC)cc3)n2C)cc1. The van der Waals surface area contributed by atoms with Crippen LogP contribution in [-0.4, -0.2) is 38.5 Å². The van der Waals surface area contributed by atoms with Crippen LogP contribution in [0.3, 0.4) is 0 Å². The van der Waals surface area contributed by atoms with E-state index in [0.29, 0.717) is 5.75 Å². The van der Waals surface area contributed by atoms with E-state index in [0.717, 1.165) is 50.6 Å². The predicted octanol–water partition coefficient (Wildman–Crippen LogP) is 5.13. The fourth-order valence-electron chi connectivity index (χ4n) is 3.75. The second kappa shape index (κ2) is 8.99. The monoisotopic (exact) mass is 457 g/mol. The average Bonchev–Trinajstić information content (AvgIpc) is 3.42. The molecule has 0 bridgehead atoms. The summed E-state index contributed by atoms with van der Waals surface area (Å²) in [7, 11) is 5.31. The molecule has 7 nitrogen and oxygen atoms in total. The number of benzene rings is 3. The maximum Gasteiger partial charge on any atom is 0.191 e. The molecule has 0 saturated carbocycles. The third-order valence-corrected chi connectivity index (χ3v) is 6.49. The van der Waals surface area contributed by atoms with E-state index in [1.807, 2.05) is 78.3 Å². The molecule has 5 rings (SSSR count). The lowest BCUT2D eigenvalue weighted by Gasteiger charge is -2.10. The molecule has 0 aliphatic rings. The molecule has 0 fully saturated rings. The molecule has 0 amide bonds. The molecule has 166 valence electrons. The fourth-order valence-corrected chi connectivity index (χ4v) is 4.58. The lowest BCUT2D eigenvalue weighted by Crippen LogP contribution is -2.01. The van der Waals surface area contributed by atoms with Crippen LogP contribution in [-0.2, 0) is 12.8 Å². The average molecular weight is 458 g/mol. The van der Waals surface area contributed by atoms with Crippen LogP contribution >= 0.6 is 11.8 Å². The van der Waals surface area contributed by atoms with Gasteiger partial charge in [-0.25, -0.2) is 4.98 Å². The molecule has 0 aliphatic heterocycles. The number of hydrogen-bond donors (Lipinski definition) is 0. The molecule has 0 N–H and O–H groups in total. The van der Waals surface area contributed by atoms with Gasteiger partial charge in [0.25, 0.3) is 0 Å². The van der Waals surface area contributed by atoms with Crippen molar-refractivity contribution in [2.45, 2.75) is 10.9 Å². The van der Waals surface area contributed by atoms with E-state index in [1.165, 1.54) is 0 Å². The summed E-state index contributed by atoms with van der Waals surface area (Å²) in [6, 6.07) is 24.0. The van der Waals surface area contributed by atoms with Crippen LogP contribution < -0.4 is 9.47 Å². The zero-order chi connectivity index (χ0) is 22.8. The number of nitrogens with zero attached hydrogens (tertiary/aromatic N) is 5. The molecule has 0 spiro atoms. The van der Waals surface area contributed by atoms with Gasteiger partial charge in [-0.05, 0) is 60.7 Å². The molecular weight excluding hydrogens is 434 g/mol. The Morgan fingerprint density at radius 2 is 1.48 bits per heavy atom.